The molecule has 9 heteroatoms. The summed E-state index contributed by atoms with van der Waals surface area (Å²) < 4.78 is 0. The first kappa shape index (κ1) is 15.9. The van der Waals surface area contributed by atoms with Crippen molar-refractivity contribution in [3.8, 4) is 0 Å². The van der Waals surface area contributed by atoms with Crippen LogP contribution in [-0.4, -0.2) is 31.7 Å². The van der Waals surface area contributed by atoms with Crippen molar-refractivity contribution in [2.45, 2.75) is 12.0 Å². The first-order chi connectivity index (χ1) is 12.4. The molecule has 130 valence electrons. The Balaban J connectivity index is 1.67. The largest absolute Gasteiger partial charge is 0.375 e. The highest BCUT2D eigenvalue weighted by atomic mass is 16.6. The first-order valence-corrected chi connectivity index (χ1v) is 7.69. The summed E-state index contributed by atoms with van der Waals surface area (Å²) in [5.41, 5.74) is -0.646. The van der Waals surface area contributed by atoms with Gasteiger partial charge in [-0.15, -0.1) is 0 Å². The van der Waals surface area contributed by atoms with Crippen LogP contribution in [-0.2, 0) is 10.4 Å². The number of hydrogen-bond donors (Lipinski definition) is 3. The lowest BCUT2D eigenvalue weighted by Crippen LogP contribution is -2.36. The van der Waals surface area contributed by atoms with Crippen LogP contribution in [0, 0.1) is 10.1 Å². The second-order valence-electron chi connectivity index (χ2n) is 6.00. The Morgan fingerprint density at radius 3 is 2.81 bits per heavy atom. The summed E-state index contributed by atoms with van der Waals surface area (Å²) in [4.78, 5) is 41.9. The third kappa shape index (κ3) is 2.33. The number of non-ortho nitro benzene ring substituents is 1. The van der Waals surface area contributed by atoms with E-state index in [-0.39, 0.29) is 11.5 Å². The molecule has 0 fully saturated rings. The maximum absolute atomic E-state index is 12.6. The molecule has 0 radical (unpaired) electrons. The maximum atomic E-state index is 12.6. The molecule has 3 N–H and O–H groups in total. The first-order valence-electron chi connectivity index (χ1n) is 7.69. The van der Waals surface area contributed by atoms with Crippen LogP contribution in [0.4, 0.5) is 11.4 Å². The number of imidazole rings is 1. The van der Waals surface area contributed by atoms with Gasteiger partial charge in [-0.2, -0.15) is 0 Å². The third-order valence-corrected chi connectivity index (χ3v) is 4.35. The zero-order valence-electron chi connectivity index (χ0n) is 13.2. The zero-order chi connectivity index (χ0) is 18.5. The van der Waals surface area contributed by atoms with Crippen molar-refractivity contribution >= 4 is 34.1 Å². The van der Waals surface area contributed by atoms with E-state index < -0.39 is 28.6 Å². The minimum atomic E-state index is -1.99. The monoisotopic (exact) mass is 352 g/mol. The molecule has 2 aromatic carbocycles. The van der Waals surface area contributed by atoms with Gasteiger partial charge in [-0.1, -0.05) is 18.2 Å². The molecule has 1 aliphatic rings. The number of rotatable bonds is 4. The number of benzene rings is 2. The fourth-order valence-corrected chi connectivity index (χ4v) is 3.04. The molecule has 0 bridgehead atoms. The zero-order valence-corrected chi connectivity index (χ0v) is 13.2. The van der Waals surface area contributed by atoms with Crippen molar-refractivity contribution in [1.82, 2.24) is 9.97 Å². The number of fused-ring (bicyclic) bond motifs is 2. The molecule has 2 heterocycles. The number of nitro benzene ring substituents is 1. The van der Waals surface area contributed by atoms with Gasteiger partial charge in [-0.3, -0.25) is 19.7 Å². The van der Waals surface area contributed by atoms with Crippen LogP contribution in [0.5, 0.6) is 0 Å². The van der Waals surface area contributed by atoms with Gasteiger partial charge in [0.25, 0.3) is 11.6 Å². The van der Waals surface area contributed by atoms with Crippen molar-refractivity contribution in [2.75, 3.05) is 5.32 Å². The number of anilines is 1. The van der Waals surface area contributed by atoms with Gasteiger partial charge < -0.3 is 15.4 Å². The van der Waals surface area contributed by atoms with Gasteiger partial charge in [0.15, 0.2) is 11.4 Å². The fraction of sp³-hybridized carbons (Fsp3) is 0.118. The van der Waals surface area contributed by atoms with Gasteiger partial charge in [0.2, 0.25) is 5.78 Å². The maximum Gasteiger partial charge on any atom is 0.271 e. The minimum Gasteiger partial charge on any atom is -0.375 e. The van der Waals surface area contributed by atoms with Gasteiger partial charge in [0.1, 0.15) is 0 Å². The molecule has 0 saturated carbocycles. The fourth-order valence-electron chi connectivity index (χ4n) is 3.04. The average Bonchev–Trinajstić information content (AvgIpc) is 3.14. The third-order valence-electron chi connectivity index (χ3n) is 4.35. The quantitative estimate of drug-likeness (QED) is 0.372. The van der Waals surface area contributed by atoms with E-state index in [0.29, 0.717) is 22.3 Å². The molecule has 1 aromatic heterocycles. The summed E-state index contributed by atoms with van der Waals surface area (Å²) in [6.45, 7) is 0. The van der Waals surface area contributed by atoms with E-state index in [1.807, 2.05) is 0 Å². The van der Waals surface area contributed by atoms with E-state index in [1.54, 1.807) is 24.3 Å². The Bertz CT molecular complexity index is 1090. The lowest BCUT2D eigenvalue weighted by atomic mass is 9.90. The molecule has 1 atom stereocenters. The molecule has 1 aliphatic heterocycles. The number of nitrogens with one attached hydrogen (secondary N) is 2. The second kappa shape index (κ2) is 5.46. The van der Waals surface area contributed by atoms with E-state index in [2.05, 4.69) is 15.3 Å². The predicted molar refractivity (Wildman–Crippen MR) is 90.7 cm³/mol. The van der Waals surface area contributed by atoms with Gasteiger partial charge in [-0.25, -0.2) is 4.98 Å². The van der Waals surface area contributed by atoms with Crippen LogP contribution in [0.15, 0.2) is 42.5 Å². The lowest BCUT2D eigenvalue weighted by molar-refractivity contribution is -0.384. The number of aromatic amines is 1. The van der Waals surface area contributed by atoms with Gasteiger partial charge in [0.05, 0.1) is 22.4 Å². The Morgan fingerprint density at radius 1 is 1.27 bits per heavy atom. The number of H-pyrrole nitrogens is 1. The van der Waals surface area contributed by atoms with Gasteiger partial charge >= 0.3 is 0 Å². The smallest absolute Gasteiger partial charge is 0.271 e. The topological polar surface area (TPSA) is 138 Å². The number of nitro groups is 1. The summed E-state index contributed by atoms with van der Waals surface area (Å²) in [5.74, 6) is -1.34. The van der Waals surface area contributed by atoms with E-state index in [0.717, 1.165) is 0 Å². The number of nitrogens with zero attached hydrogens (tertiary/aromatic N) is 2. The van der Waals surface area contributed by atoms with Crippen molar-refractivity contribution in [3.05, 3.63) is 64.0 Å². The molecule has 1 amide bonds. The Hall–Kier alpha value is -3.59. The summed E-state index contributed by atoms with van der Waals surface area (Å²) in [6.07, 6.45) is -0.502. The molecule has 0 aliphatic carbocycles. The predicted octanol–water partition coefficient (Wildman–Crippen LogP) is 1.88. The van der Waals surface area contributed by atoms with Crippen LogP contribution < -0.4 is 5.32 Å². The molecular weight excluding hydrogens is 340 g/mol. The number of amides is 1. The number of carbonyl (C=O) groups excluding carboxylic acids is 2. The Kier molecular flexibility index (Phi) is 3.34. The normalized spacial score (nSPS) is 18.6. The van der Waals surface area contributed by atoms with Gasteiger partial charge in [0, 0.05) is 23.4 Å². The van der Waals surface area contributed by atoms with E-state index in [4.69, 9.17) is 0 Å². The number of para-hydroxylation sites is 1. The standard InChI is InChI=1S/C17H12N4O5/c22-14(8-17(24)10-3-1-2-4-11(10)20-16(17)23)15-18-12-6-5-9(21(25)26)7-13(12)19-15/h1-7,24H,8H2,(H,18,19)(H,20,23)/t17-/m0/s1. The molecule has 26 heavy (non-hydrogen) atoms. The summed E-state index contributed by atoms with van der Waals surface area (Å²) in [6, 6.07) is 10.6. The van der Waals surface area contributed by atoms with Crippen molar-refractivity contribution in [3.63, 3.8) is 0 Å². The second-order valence-corrected chi connectivity index (χ2v) is 6.00. The number of Topliss-reactive ketones (excluding diaryl/α,β-unsaturated/α-hetero) is 1. The number of hydrogen-bond acceptors (Lipinski definition) is 6. The average molecular weight is 352 g/mol. The van der Waals surface area contributed by atoms with Crippen LogP contribution in [0.2, 0.25) is 0 Å². The van der Waals surface area contributed by atoms with Crippen molar-refractivity contribution < 1.29 is 19.6 Å². The summed E-state index contributed by atoms with van der Waals surface area (Å²) >= 11 is 0. The van der Waals surface area contributed by atoms with E-state index in [9.17, 15) is 24.8 Å². The molecule has 3 aromatic rings. The van der Waals surface area contributed by atoms with Gasteiger partial charge in [-0.05, 0) is 12.1 Å². The molecule has 9 nitrogen and oxygen atoms in total. The van der Waals surface area contributed by atoms with Crippen LogP contribution >= 0.6 is 0 Å². The lowest BCUT2D eigenvalue weighted by Gasteiger charge is -2.19. The molecular formula is C17H12N4O5. The van der Waals surface area contributed by atoms with Crippen LogP contribution in [0.3, 0.4) is 0 Å². The highest BCUT2D eigenvalue weighted by Crippen LogP contribution is 2.38. The minimum absolute atomic E-state index is 0.0777. The van der Waals surface area contributed by atoms with E-state index in [1.165, 1.54) is 18.2 Å². The molecule has 0 unspecified atom stereocenters. The molecule has 0 spiro atoms. The highest BCUT2D eigenvalue weighted by molar-refractivity contribution is 6.09. The number of ketones is 1. The molecule has 4 rings (SSSR count). The van der Waals surface area contributed by atoms with Crippen molar-refractivity contribution in [2.24, 2.45) is 0 Å². The number of carbonyl (C=O) groups is 2. The Morgan fingerprint density at radius 2 is 2.04 bits per heavy atom. The Labute approximate surface area is 145 Å². The van der Waals surface area contributed by atoms with E-state index >= 15 is 0 Å². The number of aromatic nitrogens is 2. The summed E-state index contributed by atoms with van der Waals surface area (Å²) in [5, 5.41) is 24.2. The van der Waals surface area contributed by atoms with Crippen LogP contribution in [0.1, 0.15) is 22.6 Å². The SMILES string of the molecule is O=C(C[C@@]1(O)C(=O)Nc2ccccc21)c1nc2ccc([N+](=O)[O-])cc2[nH]1. The highest BCUT2D eigenvalue weighted by Gasteiger charge is 2.47. The number of aliphatic hydroxyl groups is 1. The summed E-state index contributed by atoms with van der Waals surface area (Å²) in [7, 11) is 0. The van der Waals surface area contributed by atoms with Crippen LogP contribution in [0.25, 0.3) is 11.0 Å². The van der Waals surface area contributed by atoms with Crippen molar-refractivity contribution in [1.29, 1.82) is 0 Å². The molecule has 0 saturated heterocycles.